The van der Waals surface area contributed by atoms with Crippen molar-refractivity contribution < 1.29 is 28.7 Å². The zero-order valence-corrected chi connectivity index (χ0v) is 12.7. The molecule has 6 heteroatoms. The largest absolute Gasteiger partial charge is 0.461 e. The van der Waals surface area contributed by atoms with Crippen LogP contribution < -0.4 is 0 Å². The van der Waals surface area contributed by atoms with Crippen LogP contribution in [0.25, 0.3) is 0 Å². The van der Waals surface area contributed by atoms with E-state index in [1.54, 1.807) is 0 Å². The van der Waals surface area contributed by atoms with Crippen LogP contribution in [0.4, 0.5) is 0 Å². The van der Waals surface area contributed by atoms with Gasteiger partial charge in [-0.2, -0.15) is 0 Å². The molecule has 0 spiro atoms. The van der Waals surface area contributed by atoms with Gasteiger partial charge in [0.15, 0.2) is 0 Å². The highest BCUT2D eigenvalue weighted by Gasteiger charge is 2.17. The Hall–Kier alpha value is -2.24. The average molecular weight is 298 g/mol. The molecule has 0 saturated heterocycles. The third kappa shape index (κ3) is 14.0. The van der Waals surface area contributed by atoms with Crippen molar-refractivity contribution in [3.63, 3.8) is 0 Å². The Morgan fingerprint density at radius 2 is 1.48 bits per heavy atom. The lowest BCUT2D eigenvalue weighted by molar-refractivity contribution is -0.150. The van der Waals surface area contributed by atoms with Gasteiger partial charge in [0.25, 0.3) is 0 Å². The fourth-order valence-electron chi connectivity index (χ4n) is 0.838. The van der Waals surface area contributed by atoms with Gasteiger partial charge in [-0.25, -0.2) is 0 Å². The Morgan fingerprint density at radius 1 is 1.00 bits per heavy atom. The SMILES string of the molecule is C=CCOC(=O)C(C)C(C)=O.C=CCOC(=O)CC(C)=O. The number of esters is 2. The molecule has 0 aromatic rings. The van der Waals surface area contributed by atoms with Crippen molar-refractivity contribution in [1.29, 1.82) is 0 Å². The molecular weight excluding hydrogens is 276 g/mol. The number of rotatable bonds is 8. The number of hydrogen-bond donors (Lipinski definition) is 0. The molecule has 0 amide bonds. The first-order valence-corrected chi connectivity index (χ1v) is 6.30. The summed E-state index contributed by atoms with van der Waals surface area (Å²) in [6, 6.07) is 0. The van der Waals surface area contributed by atoms with Crippen molar-refractivity contribution in [3.05, 3.63) is 25.3 Å². The topological polar surface area (TPSA) is 86.7 Å². The lowest BCUT2D eigenvalue weighted by atomic mass is 10.1. The van der Waals surface area contributed by atoms with Crippen LogP contribution in [-0.4, -0.2) is 36.7 Å². The zero-order chi connectivity index (χ0) is 16.8. The van der Waals surface area contributed by atoms with Gasteiger partial charge < -0.3 is 9.47 Å². The van der Waals surface area contributed by atoms with E-state index in [0.29, 0.717) is 0 Å². The fraction of sp³-hybridized carbons (Fsp3) is 0.467. The van der Waals surface area contributed by atoms with Gasteiger partial charge in [0.1, 0.15) is 37.1 Å². The molecule has 0 aliphatic heterocycles. The van der Waals surface area contributed by atoms with Crippen molar-refractivity contribution in [2.24, 2.45) is 5.92 Å². The monoisotopic (exact) mass is 298 g/mol. The lowest BCUT2D eigenvalue weighted by Crippen LogP contribution is -2.21. The Balaban J connectivity index is 0. The Morgan fingerprint density at radius 3 is 1.86 bits per heavy atom. The predicted octanol–water partition coefficient (Wildman–Crippen LogP) is 1.64. The first-order chi connectivity index (χ1) is 9.76. The third-order valence-corrected chi connectivity index (χ3v) is 2.06. The summed E-state index contributed by atoms with van der Waals surface area (Å²) < 4.78 is 9.16. The fourth-order valence-corrected chi connectivity index (χ4v) is 0.838. The summed E-state index contributed by atoms with van der Waals surface area (Å²) in [6.07, 6.45) is 2.77. The van der Waals surface area contributed by atoms with E-state index in [4.69, 9.17) is 0 Å². The van der Waals surface area contributed by atoms with E-state index in [1.807, 2.05) is 0 Å². The molecule has 0 aliphatic carbocycles. The van der Waals surface area contributed by atoms with Crippen molar-refractivity contribution in [3.8, 4) is 0 Å². The lowest BCUT2D eigenvalue weighted by Gasteiger charge is -2.05. The summed E-state index contributed by atoms with van der Waals surface area (Å²) in [4.78, 5) is 42.3. The maximum absolute atomic E-state index is 10.9. The van der Waals surface area contributed by atoms with Crippen LogP contribution in [-0.2, 0) is 28.7 Å². The molecule has 0 aromatic carbocycles. The molecule has 118 valence electrons. The second-order valence-corrected chi connectivity index (χ2v) is 4.10. The highest BCUT2D eigenvalue weighted by atomic mass is 16.5. The van der Waals surface area contributed by atoms with Crippen LogP contribution in [0, 0.1) is 5.92 Å². The zero-order valence-electron chi connectivity index (χ0n) is 12.7. The van der Waals surface area contributed by atoms with Crippen molar-refractivity contribution in [1.82, 2.24) is 0 Å². The molecule has 0 N–H and O–H groups in total. The van der Waals surface area contributed by atoms with E-state index >= 15 is 0 Å². The minimum Gasteiger partial charge on any atom is -0.461 e. The molecule has 0 aliphatic rings. The van der Waals surface area contributed by atoms with Crippen molar-refractivity contribution in [2.75, 3.05) is 13.2 Å². The van der Waals surface area contributed by atoms with Crippen molar-refractivity contribution >= 4 is 23.5 Å². The highest BCUT2D eigenvalue weighted by Crippen LogP contribution is 1.99. The maximum Gasteiger partial charge on any atom is 0.316 e. The summed E-state index contributed by atoms with van der Waals surface area (Å²) >= 11 is 0. The summed E-state index contributed by atoms with van der Waals surface area (Å²) in [5, 5.41) is 0. The van der Waals surface area contributed by atoms with E-state index in [2.05, 4.69) is 22.6 Å². The Labute approximate surface area is 124 Å². The molecule has 1 unspecified atom stereocenters. The van der Waals surface area contributed by atoms with Crippen LogP contribution >= 0.6 is 0 Å². The maximum atomic E-state index is 10.9. The van der Waals surface area contributed by atoms with Gasteiger partial charge in [0.2, 0.25) is 0 Å². The summed E-state index contributed by atoms with van der Waals surface area (Å²) in [5.41, 5.74) is 0. The van der Waals surface area contributed by atoms with Crippen LogP contribution in [0.3, 0.4) is 0 Å². The Kier molecular flexibility index (Phi) is 12.8. The van der Waals surface area contributed by atoms with E-state index in [-0.39, 0.29) is 31.2 Å². The Bertz CT molecular complexity index is 397. The normalized spacial score (nSPS) is 10.2. The number of ether oxygens (including phenoxy) is 2. The van der Waals surface area contributed by atoms with E-state index in [0.717, 1.165) is 0 Å². The molecule has 0 saturated carbocycles. The molecule has 0 rings (SSSR count). The molecule has 0 aromatic heterocycles. The molecule has 6 nitrogen and oxygen atoms in total. The standard InChI is InChI=1S/C8H12O3.C7H10O3/c1-4-5-11-8(10)6(2)7(3)9;1-3-4-10-7(9)5-6(2)8/h4,6H,1,5H2,2-3H3;3H,1,4-5H2,2H3. The number of Topliss-reactive ketones (excluding diaryl/α,β-unsaturated/α-hetero) is 2. The first kappa shape index (κ1) is 21.1. The van der Waals surface area contributed by atoms with Crippen LogP contribution in [0.5, 0.6) is 0 Å². The van der Waals surface area contributed by atoms with Gasteiger partial charge in [-0.3, -0.25) is 19.2 Å². The molecule has 0 radical (unpaired) electrons. The van der Waals surface area contributed by atoms with Gasteiger partial charge in [-0.1, -0.05) is 25.3 Å². The van der Waals surface area contributed by atoms with Gasteiger partial charge in [-0.15, -0.1) is 0 Å². The van der Waals surface area contributed by atoms with Crippen molar-refractivity contribution in [2.45, 2.75) is 27.2 Å². The molecule has 0 bridgehead atoms. The predicted molar refractivity (Wildman–Crippen MR) is 77.5 cm³/mol. The quantitative estimate of drug-likeness (QED) is 0.384. The third-order valence-electron chi connectivity index (χ3n) is 2.06. The van der Waals surface area contributed by atoms with Gasteiger partial charge in [0.05, 0.1) is 0 Å². The van der Waals surface area contributed by atoms with E-state index in [9.17, 15) is 19.2 Å². The summed E-state index contributed by atoms with van der Waals surface area (Å²) in [7, 11) is 0. The summed E-state index contributed by atoms with van der Waals surface area (Å²) in [6.45, 7) is 11.3. The van der Waals surface area contributed by atoms with E-state index < -0.39 is 17.9 Å². The van der Waals surface area contributed by atoms with Gasteiger partial charge >= 0.3 is 11.9 Å². The van der Waals surface area contributed by atoms with Gasteiger partial charge in [0, 0.05) is 0 Å². The highest BCUT2D eigenvalue weighted by molar-refractivity contribution is 5.97. The number of carbonyl (C=O) groups excluding carboxylic acids is 4. The van der Waals surface area contributed by atoms with E-state index in [1.165, 1.54) is 32.9 Å². The molecular formula is C15H22O6. The molecule has 21 heavy (non-hydrogen) atoms. The van der Waals surface area contributed by atoms with Gasteiger partial charge in [-0.05, 0) is 20.8 Å². The molecule has 1 atom stereocenters. The summed E-state index contributed by atoms with van der Waals surface area (Å²) in [5.74, 6) is -2.01. The minimum atomic E-state index is -0.657. The van der Waals surface area contributed by atoms with Crippen LogP contribution in [0.2, 0.25) is 0 Å². The number of carbonyl (C=O) groups is 4. The second kappa shape index (κ2) is 12.8. The molecule has 0 heterocycles. The van der Waals surface area contributed by atoms with Crippen LogP contribution in [0.15, 0.2) is 25.3 Å². The smallest absolute Gasteiger partial charge is 0.316 e. The number of ketones is 2. The van der Waals surface area contributed by atoms with Crippen LogP contribution in [0.1, 0.15) is 27.2 Å². The number of hydrogen-bond acceptors (Lipinski definition) is 6. The average Bonchev–Trinajstić information content (AvgIpc) is 2.41. The minimum absolute atomic E-state index is 0.145. The first-order valence-electron chi connectivity index (χ1n) is 6.30. The molecule has 0 fully saturated rings. The second-order valence-electron chi connectivity index (χ2n) is 4.10.